The number of nitrogens with one attached hydrogen (secondary N) is 1. The molecule has 0 aliphatic carbocycles. The molecule has 1 aromatic rings. The maximum absolute atomic E-state index is 12.5. The van der Waals surface area contributed by atoms with Crippen LogP contribution in [-0.2, 0) is 9.59 Å². The average Bonchev–Trinajstić information content (AvgIpc) is 2.43. The zero-order valence-electron chi connectivity index (χ0n) is 12.5. The van der Waals surface area contributed by atoms with Crippen molar-refractivity contribution in [1.82, 2.24) is 5.32 Å². The van der Waals surface area contributed by atoms with E-state index in [4.69, 9.17) is 16.3 Å². The van der Waals surface area contributed by atoms with Gasteiger partial charge >= 0.3 is 0 Å². The van der Waals surface area contributed by atoms with E-state index in [1.807, 2.05) is 13.8 Å². The van der Waals surface area contributed by atoms with Gasteiger partial charge in [-0.1, -0.05) is 25.4 Å². The van der Waals surface area contributed by atoms with Crippen LogP contribution in [0, 0.1) is 5.92 Å². The summed E-state index contributed by atoms with van der Waals surface area (Å²) in [4.78, 5) is 26.3. The standard InChI is InChI=1S/C15H19ClN2O3/c1-8(2)13-14(19)17-9(3)15(20)18(13)12-7-10(21-4)5-6-11(12)16/h5-9,13H,1-4H3,(H,17,19). The van der Waals surface area contributed by atoms with Crippen LogP contribution in [0.25, 0.3) is 0 Å². The summed E-state index contributed by atoms with van der Waals surface area (Å²) in [7, 11) is 1.54. The second kappa shape index (κ2) is 5.93. The Hall–Kier alpha value is -1.75. The van der Waals surface area contributed by atoms with Crippen LogP contribution in [0.15, 0.2) is 18.2 Å². The van der Waals surface area contributed by atoms with Gasteiger partial charge in [0.15, 0.2) is 0 Å². The summed E-state index contributed by atoms with van der Waals surface area (Å²) < 4.78 is 5.19. The fraction of sp³-hybridized carbons (Fsp3) is 0.467. The summed E-state index contributed by atoms with van der Waals surface area (Å²) in [6.45, 7) is 5.46. The molecular formula is C15H19ClN2O3. The zero-order chi connectivity index (χ0) is 15.7. The lowest BCUT2D eigenvalue weighted by Gasteiger charge is -2.40. The van der Waals surface area contributed by atoms with Crippen molar-refractivity contribution >= 4 is 29.1 Å². The number of methoxy groups -OCH3 is 1. The largest absolute Gasteiger partial charge is 0.497 e. The Morgan fingerprint density at radius 3 is 2.57 bits per heavy atom. The monoisotopic (exact) mass is 310 g/mol. The summed E-state index contributed by atoms with van der Waals surface area (Å²) in [5, 5.41) is 3.12. The lowest BCUT2D eigenvalue weighted by atomic mass is 9.96. The van der Waals surface area contributed by atoms with Crippen molar-refractivity contribution in [2.24, 2.45) is 5.92 Å². The quantitative estimate of drug-likeness (QED) is 0.931. The number of hydrogen-bond donors (Lipinski definition) is 1. The molecular weight excluding hydrogens is 292 g/mol. The molecule has 0 radical (unpaired) electrons. The third kappa shape index (κ3) is 2.83. The fourth-order valence-corrected chi connectivity index (χ4v) is 2.71. The van der Waals surface area contributed by atoms with Crippen molar-refractivity contribution in [2.45, 2.75) is 32.9 Å². The molecule has 114 valence electrons. The highest BCUT2D eigenvalue weighted by Crippen LogP contribution is 2.34. The first-order valence-electron chi connectivity index (χ1n) is 6.83. The predicted octanol–water partition coefficient (Wildman–Crippen LogP) is 2.22. The number of anilines is 1. The number of rotatable bonds is 3. The normalized spacial score (nSPS) is 22.5. The van der Waals surface area contributed by atoms with Crippen LogP contribution in [0.1, 0.15) is 20.8 Å². The summed E-state index contributed by atoms with van der Waals surface area (Å²) >= 11 is 6.24. The smallest absolute Gasteiger partial charge is 0.250 e. The van der Waals surface area contributed by atoms with Crippen LogP contribution in [-0.4, -0.2) is 31.0 Å². The number of nitrogens with zero attached hydrogens (tertiary/aromatic N) is 1. The van der Waals surface area contributed by atoms with E-state index in [0.717, 1.165) is 0 Å². The van der Waals surface area contributed by atoms with Gasteiger partial charge < -0.3 is 10.1 Å². The predicted molar refractivity (Wildman–Crippen MR) is 81.7 cm³/mol. The Morgan fingerprint density at radius 1 is 1.33 bits per heavy atom. The van der Waals surface area contributed by atoms with E-state index < -0.39 is 12.1 Å². The summed E-state index contributed by atoms with van der Waals surface area (Å²) in [5.41, 5.74) is 0.501. The Balaban J connectivity index is 2.55. The second-order valence-corrected chi connectivity index (χ2v) is 5.85. The van der Waals surface area contributed by atoms with E-state index in [2.05, 4.69) is 5.32 Å². The van der Waals surface area contributed by atoms with Crippen LogP contribution >= 0.6 is 11.6 Å². The van der Waals surface area contributed by atoms with E-state index in [0.29, 0.717) is 16.5 Å². The maximum Gasteiger partial charge on any atom is 0.250 e. The van der Waals surface area contributed by atoms with E-state index in [1.165, 1.54) is 4.90 Å². The molecule has 1 heterocycles. The molecule has 0 bridgehead atoms. The molecule has 0 saturated carbocycles. The molecule has 21 heavy (non-hydrogen) atoms. The van der Waals surface area contributed by atoms with Gasteiger partial charge in [-0.3, -0.25) is 14.5 Å². The lowest BCUT2D eigenvalue weighted by Crippen LogP contribution is -2.64. The number of amides is 2. The molecule has 1 fully saturated rings. The van der Waals surface area contributed by atoms with Gasteiger partial charge in [0, 0.05) is 6.07 Å². The van der Waals surface area contributed by atoms with Crippen molar-refractivity contribution in [3.8, 4) is 5.75 Å². The van der Waals surface area contributed by atoms with Crippen molar-refractivity contribution < 1.29 is 14.3 Å². The molecule has 1 aromatic carbocycles. The third-order valence-electron chi connectivity index (χ3n) is 3.56. The number of carbonyl (C=O) groups is 2. The number of piperazine rings is 1. The second-order valence-electron chi connectivity index (χ2n) is 5.44. The van der Waals surface area contributed by atoms with Crippen LogP contribution in [0.4, 0.5) is 5.69 Å². The molecule has 1 N–H and O–H groups in total. The summed E-state index contributed by atoms with van der Waals surface area (Å²) in [6, 6.07) is 3.90. The maximum atomic E-state index is 12.5. The first-order valence-corrected chi connectivity index (χ1v) is 7.21. The molecule has 2 amide bonds. The van der Waals surface area contributed by atoms with Crippen molar-refractivity contribution in [3.05, 3.63) is 23.2 Å². The van der Waals surface area contributed by atoms with Gasteiger partial charge in [0.25, 0.3) is 0 Å². The topological polar surface area (TPSA) is 58.6 Å². The van der Waals surface area contributed by atoms with Gasteiger partial charge in [0.1, 0.15) is 17.8 Å². The molecule has 1 aliphatic rings. The van der Waals surface area contributed by atoms with Crippen molar-refractivity contribution in [3.63, 3.8) is 0 Å². The fourth-order valence-electron chi connectivity index (χ4n) is 2.50. The average molecular weight is 311 g/mol. The number of ether oxygens (including phenoxy) is 1. The lowest BCUT2D eigenvalue weighted by molar-refractivity contribution is -0.134. The highest BCUT2D eigenvalue weighted by molar-refractivity contribution is 6.34. The molecule has 6 heteroatoms. The van der Waals surface area contributed by atoms with Crippen LogP contribution < -0.4 is 15.0 Å². The first kappa shape index (κ1) is 15.6. The Kier molecular flexibility index (Phi) is 4.42. The van der Waals surface area contributed by atoms with Gasteiger partial charge in [-0.2, -0.15) is 0 Å². The van der Waals surface area contributed by atoms with Crippen molar-refractivity contribution in [1.29, 1.82) is 0 Å². The minimum atomic E-state index is -0.585. The summed E-state index contributed by atoms with van der Waals surface area (Å²) in [6.07, 6.45) is 0. The SMILES string of the molecule is COc1ccc(Cl)c(N2C(=O)C(C)NC(=O)C2C(C)C)c1. The van der Waals surface area contributed by atoms with E-state index in [1.54, 1.807) is 32.2 Å². The molecule has 1 aliphatic heterocycles. The third-order valence-corrected chi connectivity index (χ3v) is 3.88. The minimum absolute atomic E-state index is 0.0382. The summed E-state index contributed by atoms with van der Waals surface area (Å²) in [5.74, 6) is 0.200. The number of hydrogen-bond acceptors (Lipinski definition) is 3. The van der Waals surface area contributed by atoms with Crippen LogP contribution in [0.3, 0.4) is 0 Å². The van der Waals surface area contributed by atoms with Gasteiger partial charge in [-0.25, -0.2) is 0 Å². The van der Waals surface area contributed by atoms with Gasteiger partial charge in [-0.15, -0.1) is 0 Å². The first-order chi connectivity index (χ1) is 9.86. The van der Waals surface area contributed by atoms with Crippen LogP contribution in [0.5, 0.6) is 5.75 Å². The molecule has 1 saturated heterocycles. The molecule has 2 unspecified atom stereocenters. The highest BCUT2D eigenvalue weighted by atomic mass is 35.5. The number of benzene rings is 1. The highest BCUT2D eigenvalue weighted by Gasteiger charge is 2.41. The molecule has 0 spiro atoms. The Labute approximate surface area is 129 Å². The van der Waals surface area contributed by atoms with E-state index in [9.17, 15) is 9.59 Å². The van der Waals surface area contributed by atoms with E-state index in [-0.39, 0.29) is 17.7 Å². The zero-order valence-corrected chi connectivity index (χ0v) is 13.3. The van der Waals surface area contributed by atoms with Crippen molar-refractivity contribution in [2.75, 3.05) is 12.0 Å². The van der Waals surface area contributed by atoms with E-state index >= 15 is 0 Å². The minimum Gasteiger partial charge on any atom is -0.497 e. The Morgan fingerprint density at radius 2 is 2.00 bits per heavy atom. The van der Waals surface area contributed by atoms with Gasteiger partial charge in [0.2, 0.25) is 11.8 Å². The molecule has 2 atom stereocenters. The number of halogens is 1. The Bertz CT molecular complexity index is 574. The van der Waals surface area contributed by atoms with Crippen LogP contribution in [0.2, 0.25) is 5.02 Å². The number of carbonyl (C=O) groups excluding carboxylic acids is 2. The van der Waals surface area contributed by atoms with Gasteiger partial charge in [-0.05, 0) is 25.0 Å². The molecule has 0 aromatic heterocycles. The van der Waals surface area contributed by atoms with Gasteiger partial charge in [0.05, 0.1) is 17.8 Å². The molecule has 2 rings (SSSR count). The molecule has 5 nitrogen and oxygen atoms in total.